The van der Waals surface area contributed by atoms with Gasteiger partial charge in [0, 0.05) is 24.9 Å². The SMILES string of the molecule is NC(=O)NCCCCC(=O)N1CC[NH+](Cc2ccc3c(c2)CCO3)CC1. The monoisotopic (exact) mass is 361 g/mol. The van der Waals surface area contributed by atoms with E-state index in [1.54, 1.807) is 0 Å². The van der Waals surface area contributed by atoms with Crippen molar-refractivity contribution in [2.45, 2.75) is 32.2 Å². The molecule has 0 bridgehead atoms. The van der Waals surface area contributed by atoms with Gasteiger partial charge in [0.25, 0.3) is 0 Å². The third-order valence-electron chi connectivity index (χ3n) is 5.15. The molecule has 1 saturated heterocycles. The Morgan fingerprint density at radius 3 is 2.81 bits per heavy atom. The molecule has 2 aliphatic rings. The van der Waals surface area contributed by atoms with E-state index in [4.69, 9.17) is 10.5 Å². The van der Waals surface area contributed by atoms with Crippen molar-refractivity contribution in [1.29, 1.82) is 0 Å². The van der Waals surface area contributed by atoms with Gasteiger partial charge in [0.1, 0.15) is 12.3 Å². The molecule has 3 amide bonds. The molecule has 0 aliphatic carbocycles. The number of ether oxygens (including phenoxy) is 1. The normalized spacial score (nSPS) is 16.8. The first-order valence-corrected chi connectivity index (χ1v) is 9.51. The van der Waals surface area contributed by atoms with E-state index in [9.17, 15) is 9.59 Å². The Morgan fingerprint density at radius 1 is 1.23 bits per heavy atom. The summed E-state index contributed by atoms with van der Waals surface area (Å²) in [7, 11) is 0. The summed E-state index contributed by atoms with van der Waals surface area (Å²) < 4.78 is 5.57. The van der Waals surface area contributed by atoms with E-state index < -0.39 is 6.03 Å². The minimum Gasteiger partial charge on any atom is -0.493 e. The third-order valence-corrected chi connectivity index (χ3v) is 5.15. The van der Waals surface area contributed by atoms with Crippen LogP contribution >= 0.6 is 0 Å². The molecule has 3 rings (SSSR count). The molecule has 0 radical (unpaired) electrons. The lowest BCUT2D eigenvalue weighted by molar-refractivity contribution is -0.917. The zero-order valence-electron chi connectivity index (χ0n) is 15.3. The van der Waals surface area contributed by atoms with Crippen LogP contribution in [0.2, 0.25) is 0 Å². The van der Waals surface area contributed by atoms with Gasteiger partial charge in [-0.1, -0.05) is 0 Å². The number of urea groups is 1. The van der Waals surface area contributed by atoms with Gasteiger partial charge in [-0.15, -0.1) is 0 Å². The van der Waals surface area contributed by atoms with Crippen molar-refractivity contribution in [3.05, 3.63) is 29.3 Å². The lowest BCUT2D eigenvalue weighted by Gasteiger charge is -2.32. The van der Waals surface area contributed by atoms with Crippen LogP contribution in [-0.2, 0) is 17.8 Å². The molecule has 142 valence electrons. The zero-order valence-corrected chi connectivity index (χ0v) is 15.3. The number of hydrogen-bond donors (Lipinski definition) is 3. The molecule has 0 unspecified atom stereocenters. The predicted octanol–water partition coefficient (Wildman–Crippen LogP) is -0.313. The summed E-state index contributed by atoms with van der Waals surface area (Å²) in [5.74, 6) is 1.25. The molecule has 0 saturated carbocycles. The van der Waals surface area contributed by atoms with Crippen LogP contribution in [0.25, 0.3) is 0 Å². The van der Waals surface area contributed by atoms with Gasteiger partial charge in [0.15, 0.2) is 0 Å². The summed E-state index contributed by atoms with van der Waals surface area (Å²) in [6, 6.07) is 6.01. The largest absolute Gasteiger partial charge is 0.493 e. The third kappa shape index (κ3) is 5.11. The molecule has 1 fully saturated rings. The summed E-state index contributed by atoms with van der Waals surface area (Å²) in [5.41, 5.74) is 7.69. The van der Waals surface area contributed by atoms with E-state index in [1.807, 2.05) is 4.90 Å². The Hall–Kier alpha value is -2.28. The fourth-order valence-corrected chi connectivity index (χ4v) is 3.66. The number of unbranched alkanes of at least 4 members (excludes halogenated alkanes) is 1. The fourth-order valence-electron chi connectivity index (χ4n) is 3.66. The first kappa shape index (κ1) is 18.5. The molecule has 2 heterocycles. The molecule has 26 heavy (non-hydrogen) atoms. The summed E-state index contributed by atoms with van der Waals surface area (Å²) in [4.78, 5) is 26.4. The maximum atomic E-state index is 12.3. The first-order chi connectivity index (χ1) is 12.6. The van der Waals surface area contributed by atoms with Crippen molar-refractivity contribution in [3.63, 3.8) is 0 Å². The molecule has 7 nitrogen and oxygen atoms in total. The van der Waals surface area contributed by atoms with E-state index in [1.165, 1.54) is 16.0 Å². The van der Waals surface area contributed by atoms with Gasteiger partial charge in [-0.2, -0.15) is 0 Å². The van der Waals surface area contributed by atoms with Crippen LogP contribution < -0.4 is 20.7 Å². The number of piperazine rings is 1. The topological polar surface area (TPSA) is 89.1 Å². The summed E-state index contributed by atoms with van der Waals surface area (Å²) in [5, 5.41) is 2.55. The number of carbonyl (C=O) groups is 2. The van der Waals surface area contributed by atoms with Crippen LogP contribution in [0.3, 0.4) is 0 Å². The Kier molecular flexibility index (Phi) is 6.33. The minimum atomic E-state index is -0.508. The van der Waals surface area contributed by atoms with Gasteiger partial charge >= 0.3 is 6.03 Å². The highest BCUT2D eigenvalue weighted by atomic mass is 16.5. The Labute approximate surface area is 154 Å². The maximum Gasteiger partial charge on any atom is 0.312 e. The van der Waals surface area contributed by atoms with Crippen molar-refractivity contribution in [3.8, 4) is 5.75 Å². The molecule has 1 aromatic rings. The average molecular weight is 361 g/mol. The number of rotatable bonds is 7. The number of benzene rings is 1. The van der Waals surface area contributed by atoms with Gasteiger partial charge in [-0.3, -0.25) is 4.79 Å². The lowest BCUT2D eigenvalue weighted by Crippen LogP contribution is -3.13. The van der Waals surface area contributed by atoms with Crippen LogP contribution in [0.1, 0.15) is 30.4 Å². The highest BCUT2D eigenvalue weighted by Crippen LogP contribution is 2.25. The quantitative estimate of drug-likeness (QED) is 0.582. The van der Waals surface area contributed by atoms with E-state index >= 15 is 0 Å². The zero-order chi connectivity index (χ0) is 18.4. The lowest BCUT2D eigenvalue weighted by atomic mass is 10.1. The first-order valence-electron chi connectivity index (χ1n) is 9.51. The van der Waals surface area contributed by atoms with Crippen LogP contribution in [0.15, 0.2) is 18.2 Å². The van der Waals surface area contributed by atoms with E-state index in [0.29, 0.717) is 13.0 Å². The molecule has 7 heteroatoms. The molecule has 4 N–H and O–H groups in total. The second-order valence-corrected chi connectivity index (χ2v) is 7.10. The molecule has 0 spiro atoms. The molecule has 2 aliphatic heterocycles. The number of quaternary nitrogens is 1. The number of nitrogens with one attached hydrogen (secondary N) is 2. The highest BCUT2D eigenvalue weighted by Gasteiger charge is 2.24. The number of primary amides is 1. The minimum absolute atomic E-state index is 0.220. The van der Waals surface area contributed by atoms with Gasteiger partial charge in [-0.25, -0.2) is 4.79 Å². The van der Waals surface area contributed by atoms with E-state index in [-0.39, 0.29) is 5.91 Å². The van der Waals surface area contributed by atoms with Crippen molar-refractivity contribution in [1.82, 2.24) is 10.2 Å². The van der Waals surface area contributed by atoms with Crippen molar-refractivity contribution in [2.24, 2.45) is 5.73 Å². The molecular weight excluding hydrogens is 332 g/mol. The number of hydrogen-bond acceptors (Lipinski definition) is 3. The Balaban J connectivity index is 1.36. The van der Waals surface area contributed by atoms with Crippen molar-refractivity contribution in [2.75, 3.05) is 39.3 Å². The van der Waals surface area contributed by atoms with Crippen molar-refractivity contribution < 1.29 is 19.2 Å². The van der Waals surface area contributed by atoms with Gasteiger partial charge in [-0.05, 0) is 36.6 Å². The predicted molar refractivity (Wildman–Crippen MR) is 98.1 cm³/mol. The van der Waals surface area contributed by atoms with Gasteiger partial charge < -0.3 is 25.6 Å². The van der Waals surface area contributed by atoms with E-state index in [0.717, 1.165) is 64.3 Å². The second kappa shape index (κ2) is 8.89. The van der Waals surface area contributed by atoms with Crippen LogP contribution in [0, 0.1) is 0 Å². The Morgan fingerprint density at radius 2 is 2.04 bits per heavy atom. The number of fused-ring (bicyclic) bond motifs is 1. The molecular formula is C19H29N4O3+. The van der Waals surface area contributed by atoms with Crippen LogP contribution in [-0.4, -0.2) is 56.2 Å². The van der Waals surface area contributed by atoms with Crippen LogP contribution in [0.5, 0.6) is 5.75 Å². The van der Waals surface area contributed by atoms with Crippen molar-refractivity contribution >= 4 is 11.9 Å². The number of nitrogens with zero attached hydrogens (tertiary/aromatic N) is 1. The standard InChI is InChI=1S/C19H28N4O3/c20-19(25)21-7-2-1-3-18(24)23-10-8-22(9-11-23)14-15-4-5-17-16(13-15)6-12-26-17/h4-5,13H,1-3,6-12,14H2,(H3,20,21,25)/p+1. The molecule has 0 aromatic heterocycles. The molecule has 0 atom stereocenters. The average Bonchev–Trinajstić information content (AvgIpc) is 3.09. The number of carbonyl (C=O) groups excluding carboxylic acids is 2. The van der Waals surface area contributed by atoms with Gasteiger partial charge in [0.2, 0.25) is 5.91 Å². The summed E-state index contributed by atoms with van der Waals surface area (Å²) in [6.45, 7) is 5.96. The highest BCUT2D eigenvalue weighted by molar-refractivity contribution is 5.76. The second-order valence-electron chi connectivity index (χ2n) is 7.10. The van der Waals surface area contributed by atoms with E-state index in [2.05, 4.69) is 23.5 Å². The molecule has 1 aromatic carbocycles. The summed E-state index contributed by atoms with van der Waals surface area (Å²) >= 11 is 0. The number of nitrogens with two attached hydrogens (primary N) is 1. The van der Waals surface area contributed by atoms with Gasteiger partial charge in [0.05, 0.1) is 32.8 Å². The maximum absolute atomic E-state index is 12.3. The number of amides is 3. The summed E-state index contributed by atoms with van der Waals surface area (Å²) in [6.07, 6.45) is 3.11. The smallest absolute Gasteiger partial charge is 0.312 e. The Bertz CT molecular complexity index is 642. The fraction of sp³-hybridized carbons (Fsp3) is 0.579. The van der Waals surface area contributed by atoms with Crippen LogP contribution in [0.4, 0.5) is 4.79 Å².